The number of benzene rings is 3. The van der Waals surface area contributed by atoms with E-state index in [1.54, 1.807) is 5.56 Å². The summed E-state index contributed by atoms with van der Waals surface area (Å²) in [6.07, 6.45) is 3.33. The predicted octanol–water partition coefficient (Wildman–Crippen LogP) is 5.10. The number of hydrogen-bond donors (Lipinski definition) is 1. The summed E-state index contributed by atoms with van der Waals surface area (Å²) in [5, 5.41) is 16.1. The second-order valence-electron chi connectivity index (χ2n) is 7.05. The fourth-order valence-corrected chi connectivity index (χ4v) is 4.87. The van der Waals surface area contributed by atoms with Crippen LogP contribution in [0.5, 0.6) is 0 Å². The normalized spacial score (nSPS) is 26.5. The lowest BCUT2D eigenvalue weighted by Gasteiger charge is -2.39. The average molecular weight is 288 g/mol. The lowest BCUT2D eigenvalue weighted by molar-refractivity contribution is 0.0947. The summed E-state index contributed by atoms with van der Waals surface area (Å²) in [5.74, 6) is 0.842. The smallest absolute Gasteiger partial charge is 0.0827 e. The van der Waals surface area contributed by atoms with Crippen molar-refractivity contribution < 1.29 is 5.11 Å². The third-order valence-corrected chi connectivity index (χ3v) is 5.97. The molecule has 110 valence electrons. The van der Waals surface area contributed by atoms with Crippen LogP contribution in [0.15, 0.2) is 42.5 Å². The first-order valence-corrected chi connectivity index (χ1v) is 8.41. The van der Waals surface area contributed by atoms with Crippen LogP contribution < -0.4 is 0 Å². The highest BCUT2D eigenvalue weighted by Crippen LogP contribution is 2.52. The van der Waals surface area contributed by atoms with Gasteiger partial charge in [0.1, 0.15) is 0 Å². The first kappa shape index (κ1) is 12.7. The van der Waals surface area contributed by atoms with Gasteiger partial charge in [0.25, 0.3) is 0 Å². The number of aryl methyl sites for hydroxylation is 1. The van der Waals surface area contributed by atoms with Crippen molar-refractivity contribution in [2.75, 3.05) is 0 Å². The van der Waals surface area contributed by atoms with Crippen LogP contribution in [0.25, 0.3) is 21.5 Å². The van der Waals surface area contributed by atoms with Crippen molar-refractivity contribution in [1.82, 2.24) is 0 Å². The van der Waals surface area contributed by atoms with Gasteiger partial charge >= 0.3 is 0 Å². The van der Waals surface area contributed by atoms with Gasteiger partial charge < -0.3 is 5.11 Å². The Morgan fingerprint density at radius 1 is 1.05 bits per heavy atom. The van der Waals surface area contributed by atoms with E-state index >= 15 is 0 Å². The van der Waals surface area contributed by atoms with Crippen molar-refractivity contribution in [2.24, 2.45) is 5.92 Å². The van der Waals surface area contributed by atoms with Gasteiger partial charge in [-0.25, -0.2) is 0 Å². The van der Waals surface area contributed by atoms with Crippen LogP contribution in [0, 0.1) is 5.92 Å². The van der Waals surface area contributed by atoms with Gasteiger partial charge in [-0.2, -0.15) is 0 Å². The quantitative estimate of drug-likeness (QED) is 0.571. The van der Waals surface area contributed by atoms with Crippen LogP contribution in [0.4, 0.5) is 0 Å². The minimum absolute atomic E-state index is 0.318. The van der Waals surface area contributed by atoms with Gasteiger partial charge in [0.15, 0.2) is 0 Å². The zero-order chi connectivity index (χ0) is 14.8. The highest BCUT2D eigenvalue weighted by atomic mass is 16.3. The molecule has 0 radical (unpaired) electrons. The van der Waals surface area contributed by atoms with E-state index in [0.717, 1.165) is 5.56 Å². The molecule has 0 amide bonds. The molecule has 2 aliphatic rings. The molecular formula is C21H20O. The molecule has 0 bridgehead atoms. The summed E-state index contributed by atoms with van der Waals surface area (Å²) < 4.78 is 0. The van der Waals surface area contributed by atoms with Crippen molar-refractivity contribution >= 4 is 21.5 Å². The summed E-state index contributed by atoms with van der Waals surface area (Å²) in [5.41, 5.74) is 4.21. The Bertz CT molecular complexity index is 909. The number of aliphatic hydroxyl groups is 1. The number of fused-ring (bicyclic) bond motifs is 2. The Hall–Kier alpha value is -1.86. The van der Waals surface area contributed by atoms with Gasteiger partial charge in [0.05, 0.1) is 6.10 Å². The van der Waals surface area contributed by atoms with E-state index in [9.17, 15) is 5.11 Å². The van der Waals surface area contributed by atoms with Gasteiger partial charge in [-0.15, -0.1) is 0 Å². The van der Waals surface area contributed by atoms with Gasteiger partial charge in [0.2, 0.25) is 0 Å². The van der Waals surface area contributed by atoms with Crippen molar-refractivity contribution in [3.8, 4) is 0 Å². The van der Waals surface area contributed by atoms with Crippen LogP contribution in [0.1, 0.15) is 48.5 Å². The highest BCUT2D eigenvalue weighted by Gasteiger charge is 2.37. The summed E-state index contributed by atoms with van der Waals surface area (Å²) in [4.78, 5) is 0. The number of rotatable bonds is 0. The fraction of sp³-hybridized carbons (Fsp3) is 0.333. The summed E-state index contributed by atoms with van der Waals surface area (Å²) >= 11 is 0. The molecule has 0 aromatic heterocycles. The fourth-order valence-electron chi connectivity index (χ4n) is 4.87. The minimum atomic E-state index is -0.335. The van der Waals surface area contributed by atoms with Crippen LogP contribution in [-0.2, 0) is 6.42 Å². The molecule has 0 aliphatic heterocycles. The zero-order valence-electron chi connectivity index (χ0n) is 12.8. The van der Waals surface area contributed by atoms with Gasteiger partial charge in [-0.05, 0) is 75.4 Å². The molecule has 2 aliphatic carbocycles. The minimum Gasteiger partial charge on any atom is -0.388 e. The molecule has 1 nitrogen and oxygen atoms in total. The molecule has 3 aromatic rings. The number of aliphatic hydroxyl groups excluding tert-OH is 1. The van der Waals surface area contributed by atoms with Crippen molar-refractivity contribution in [2.45, 2.75) is 38.2 Å². The molecule has 0 fully saturated rings. The largest absolute Gasteiger partial charge is 0.388 e. The van der Waals surface area contributed by atoms with Crippen molar-refractivity contribution in [1.29, 1.82) is 0 Å². The molecule has 3 aromatic carbocycles. The van der Waals surface area contributed by atoms with Crippen LogP contribution in [-0.4, -0.2) is 5.11 Å². The van der Waals surface area contributed by atoms with E-state index in [4.69, 9.17) is 0 Å². The molecule has 0 saturated heterocycles. The average Bonchev–Trinajstić information content (AvgIpc) is 2.57. The maximum atomic E-state index is 10.9. The summed E-state index contributed by atoms with van der Waals surface area (Å²) in [7, 11) is 0. The van der Waals surface area contributed by atoms with E-state index < -0.39 is 0 Å². The van der Waals surface area contributed by atoms with Gasteiger partial charge in [-0.3, -0.25) is 0 Å². The molecule has 3 unspecified atom stereocenters. The Morgan fingerprint density at radius 3 is 2.82 bits per heavy atom. The van der Waals surface area contributed by atoms with E-state index in [1.807, 2.05) is 0 Å². The Balaban J connectivity index is 2.02. The Labute approximate surface area is 130 Å². The van der Waals surface area contributed by atoms with Crippen LogP contribution >= 0.6 is 0 Å². The Morgan fingerprint density at radius 2 is 1.91 bits per heavy atom. The first-order chi connectivity index (χ1) is 10.8. The molecule has 3 atom stereocenters. The SMILES string of the molecule is CC1C(O)c2cc3ccccc3c3ccc4c(c23)C1CCC4. The van der Waals surface area contributed by atoms with E-state index in [2.05, 4.69) is 49.4 Å². The third-order valence-electron chi connectivity index (χ3n) is 5.97. The zero-order valence-corrected chi connectivity index (χ0v) is 12.8. The highest BCUT2D eigenvalue weighted by molar-refractivity contribution is 6.11. The second kappa shape index (κ2) is 4.33. The summed E-state index contributed by atoms with van der Waals surface area (Å²) in [6.45, 7) is 2.22. The third kappa shape index (κ3) is 1.47. The summed E-state index contributed by atoms with van der Waals surface area (Å²) in [6, 6.07) is 15.4. The molecular weight excluding hydrogens is 268 g/mol. The van der Waals surface area contributed by atoms with Crippen molar-refractivity contribution in [3.63, 3.8) is 0 Å². The molecule has 5 rings (SSSR count). The standard InChI is InChI=1S/C21H20O/c1-12-15-8-4-6-13-9-10-17-16-7-3-2-5-14(16)11-18(21(12)22)20(17)19(13)15/h2-3,5,7,9-12,15,21-22H,4,6,8H2,1H3. The second-order valence-corrected chi connectivity index (χ2v) is 7.05. The molecule has 0 saturated carbocycles. The molecule has 22 heavy (non-hydrogen) atoms. The van der Waals surface area contributed by atoms with E-state index in [0.29, 0.717) is 11.8 Å². The number of hydrogen-bond acceptors (Lipinski definition) is 1. The maximum absolute atomic E-state index is 10.9. The Kier molecular flexibility index (Phi) is 2.49. The molecule has 0 heterocycles. The van der Waals surface area contributed by atoms with E-state index in [-0.39, 0.29) is 6.10 Å². The lowest BCUT2D eigenvalue weighted by atomic mass is 9.66. The maximum Gasteiger partial charge on any atom is 0.0827 e. The molecule has 1 heteroatoms. The van der Waals surface area contributed by atoms with Crippen LogP contribution in [0.2, 0.25) is 0 Å². The first-order valence-electron chi connectivity index (χ1n) is 8.41. The van der Waals surface area contributed by atoms with Gasteiger partial charge in [0, 0.05) is 0 Å². The predicted molar refractivity (Wildman–Crippen MR) is 91.3 cm³/mol. The van der Waals surface area contributed by atoms with Gasteiger partial charge in [-0.1, -0.05) is 43.3 Å². The lowest BCUT2D eigenvalue weighted by Crippen LogP contribution is -2.26. The van der Waals surface area contributed by atoms with Crippen LogP contribution in [0.3, 0.4) is 0 Å². The topological polar surface area (TPSA) is 20.2 Å². The van der Waals surface area contributed by atoms with E-state index in [1.165, 1.54) is 46.4 Å². The van der Waals surface area contributed by atoms with Crippen molar-refractivity contribution in [3.05, 3.63) is 59.2 Å². The monoisotopic (exact) mass is 288 g/mol. The molecule has 1 N–H and O–H groups in total. The molecule has 0 spiro atoms.